The van der Waals surface area contributed by atoms with Crippen LogP contribution in [0, 0.1) is 5.41 Å². The Morgan fingerprint density at radius 1 is 1.18 bits per heavy atom. The highest BCUT2D eigenvalue weighted by molar-refractivity contribution is 5.97. The number of ether oxygens (including phenoxy) is 1. The lowest BCUT2D eigenvalue weighted by molar-refractivity contribution is -0.170. The lowest BCUT2D eigenvalue weighted by Gasteiger charge is -2.24. The molecular formula is C20H22F3N3O2. The number of nitrogens with two attached hydrogens (primary N) is 1. The molecule has 0 spiro atoms. The van der Waals surface area contributed by atoms with E-state index >= 15 is 0 Å². The first-order chi connectivity index (χ1) is 13.1. The summed E-state index contributed by atoms with van der Waals surface area (Å²) in [5, 5.41) is 7.41. The fraction of sp³-hybridized carbons (Fsp3) is 0.300. The van der Waals surface area contributed by atoms with E-state index in [0.717, 1.165) is 5.56 Å². The Labute approximate surface area is 161 Å². The minimum Gasteiger partial charge on any atom is -0.492 e. The van der Waals surface area contributed by atoms with Gasteiger partial charge in [0.1, 0.15) is 18.2 Å². The SMILES string of the molecule is CC(C)c1ccc(N(CCOc2cccc(C(=N)N)c2)C(=O)C(F)(F)F)cc1. The first-order valence-electron chi connectivity index (χ1n) is 8.65. The number of alkyl halides is 3. The third kappa shape index (κ3) is 5.48. The number of nitrogens with zero attached hydrogens (tertiary/aromatic N) is 1. The first-order valence-corrected chi connectivity index (χ1v) is 8.65. The van der Waals surface area contributed by atoms with Crippen molar-refractivity contribution in [2.24, 2.45) is 5.73 Å². The van der Waals surface area contributed by atoms with Crippen molar-refractivity contribution in [1.82, 2.24) is 0 Å². The van der Waals surface area contributed by atoms with Crippen LogP contribution in [0.2, 0.25) is 0 Å². The molecule has 2 aromatic carbocycles. The van der Waals surface area contributed by atoms with Crippen LogP contribution in [0.5, 0.6) is 5.75 Å². The third-order valence-electron chi connectivity index (χ3n) is 4.09. The van der Waals surface area contributed by atoms with Crippen molar-refractivity contribution < 1.29 is 22.7 Å². The number of hydrogen-bond acceptors (Lipinski definition) is 3. The van der Waals surface area contributed by atoms with Crippen molar-refractivity contribution in [3.63, 3.8) is 0 Å². The number of nitrogen functional groups attached to an aromatic ring is 1. The van der Waals surface area contributed by atoms with Crippen LogP contribution in [0.25, 0.3) is 0 Å². The minimum absolute atomic E-state index is 0.146. The monoisotopic (exact) mass is 393 g/mol. The Kier molecular flexibility index (Phi) is 6.66. The molecule has 2 rings (SSSR count). The van der Waals surface area contributed by atoms with E-state index in [1.807, 2.05) is 13.8 Å². The maximum absolute atomic E-state index is 13.0. The summed E-state index contributed by atoms with van der Waals surface area (Å²) in [7, 11) is 0. The molecule has 0 fully saturated rings. The largest absolute Gasteiger partial charge is 0.492 e. The fourth-order valence-corrected chi connectivity index (χ4v) is 2.55. The summed E-state index contributed by atoms with van der Waals surface area (Å²) in [4.78, 5) is 12.5. The molecule has 150 valence electrons. The molecule has 8 heteroatoms. The zero-order valence-electron chi connectivity index (χ0n) is 15.6. The Hall–Kier alpha value is -3.03. The van der Waals surface area contributed by atoms with Crippen LogP contribution < -0.4 is 15.4 Å². The average Bonchev–Trinajstić information content (AvgIpc) is 2.64. The van der Waals surface area contributed by atoms with E-state index in [0.29, 0.717) is 16.2 Å². The van der Waals surface area contributed by atoms with Crippen LogP contribution in [0.15, 0.2) is 48.5 Å². The zero-order chi connectivity index (χ0) is 20.9. The second-order valence-electron chi connectivity index (χ2n) is 6.49. The molecule has 0 saturated carbocycles. The van der Waals surface area contributed by atoms with Crippen LogP contribution in [0.1, 0.15) is 30.9 Å². The van der Waals surface area contributed by atoms with Gasteiger partial charge in [0.2, 0.25) is 0 Å². The van der Waals surface area contributed by atoms with E-state index < -0.39 is 12.1 Å². The van der Waals surface area contributed by atoms with E-state index in [-0.39, 0.29) is 30.6 Å². The number of amides is 1. The van der Waals surface area contributed by atoms with E-state index in [9.17, 15) is 18.0 Å². The zero-order valence-corrected chi connectivity index (χ0v) is 15.6. The van der Waals surface area contributed by atoms with Gasteiger partial charge in [0.25, 0.3) is 0 Å². The van der Waals surface area contributed by atoms with Gasteiger partial charge in [0, 0.05) is 11.3 Å². The van der Waals surface area contributed by atoms with E-state index in [4.69, 9.17) is 15.9 Å². The second-order valence-corrected chi connectivity index (χ2v) is 6.49. The molecule has 2 aromatic rings. The van der Waals surface area contributed by atoms with E-state index in [1.54, 1.807) is 30.3 Å². The molecule has 5 nitrogen and oxygen atoms in total. The van der Waals surface area contributed by atoms with Gasteiger partial charge in [-0.2, -0.15) is 13.2 Å². The number of nitrogens with one attached hydrogen (secondary N) is 1. The molecule has 0 radical (unpaired) electrons. The summed E-state index contributed by atoms with van der Waals surface area (Å²) in [6, 6.07) is 12.7. The number of halogens is 3. The molecule has 0 aliphatic carbocycles. The maximum Gasteiger partial charge on any atom is 0.471 e. The molecule has 28 heavy (non-hydrogen) atoms. The highest BCUT2D eigenvalue weighted by atomic mass is 19.4. The molecule has 3 N–H and O–H groups in total. The number of carbonyl (C=O) groups excluding carboxylic acids is 1. The summed E-state index contributed by atoms with van der Waals surface area (Å²) >= 11 is 0. The van der Waals surface area contributed by atoms with Gasteiger partial charge in [0.05, 0.1) is 6.54 Å². The number of hydrogen-bond donors (Lipinski definition) is 2. The second kappa shape index (κ2) is 8.77. The van der Waals surface area contributed by atoms with Gasteiger partial charge in [-0.05, 0) is 35.7 Å². The Morgan fingerprint density at radius 3 is 2.36 bits per heavy atom. The molecule has 0 bridgehead atoms. The van der Waals surface area contributed by atoms with Crippen molar-refractivity contribution >= 4 is 17.4 Å². The van der Waals surface area contributed by atoms with Gasteiger partial charge in [-0.1, -0.05) is 38.1 Å². The molecule has 0 atom stereocenters. The molecule has 0 aliphatic heterocycles. The van der Waals surface area contributed by atoms with Gasteiger partial charge in [-0.3, -0.25) is 10.2 Å². The normalized spacial score (nSPS) is 11.4. The van der Waals surface area contributed by atoms with Gasteiger partial charge < -0.3 is 15.4 Å². The fourth-order valence-electron chi connectivity index (χ4n) is 2.55. The van der Waals surface area contributed by atoms with Crippen molar-refractivity contribution in [2.75, 3.05) is 18.1 Å². The number of amidine groups is 1. The summed E-state index contributed by atoms with van der Waals surface area (Å²) in [5.41, 5.74) is 6.95. The van der Waals surface area contributed by atoms with Crippen LogP contribution in [-0.2, 0) is 4.79 Å². The molecule has 0 saturated heterocycles. The quantitative estimate of drug-likeness (QED) is 0.550. The molecule has 0 heterocycles. The standard InChI is InChI=1S/C20H22F3N3O2/c1-13(2)14-6-8-16(9-7-14)26(19(27)20(21,22)23)10-11-28-17-5-3-4-15(12-17)18(24)25/h3-9,12-13H,10-11H2,1-2H3,(H3,24,25). The van der Waals surface area contributed by atoms with E-state index in [2.05, 4.69) is 0 Å². The maximum atomic E-state index is 13.0. The number of rotatable bonds is 7. The highest BCUT2D eigenvalue weighted by Gasteiger charge is 2.43. The topological polar surface area (TPSA) is 79.4 Å². The molecule has 1 amide bonds. The smallest absolute Gasteiger partial charge is 0.471 e. The lowest BCUT2D eigenvalue weighted by atomic mass is 10.0. The van der Waals surface area contributed by atoms with Crippen molar-refractivity contribution in [3.05, 3.63) is 59.7 Å². The van der Waals surface area contributed by atoms with Crippen LogP contribution in [0.4, 0.5) is 18.9 Å². The van der Waals surface area contributed by atoms with Crippen molar-refractivity contribution in [2.45, 2.75) is 25.9 Å². The Morgan fingerprint density at radius 2 is 1.82 bits per heavy atom. The summed E-state index contributed by atoms with van der Waals surface area (Å²) in [6.07, 6.45) is -4.99. The summed E-state index contributed by atoms with van der Waals surface area (Å²) < 4.78 is 44.5. The van der Waals surface area contributed by atoms with Crippen molar-refractivity contribution in [3.8, 4) is 5.75 Å². The first kappa shape index (κ1) is 21.3. The molecule has 0 aromatic heterocycles. The van der Waals surface area contributed by atoms with E-state index in [1.165, 1.54) is 18.2 Å². The average molecular weight is 393 g/mol. The van der Waals surface area contributed by atoms with Gasteiger partial charge in [-0.25, -0.2) is 0 Å². The van der Waals surface area contributed by atoms with Gasteiger partial charge in [0.15, 0.2) is 0 Å². The predicted molar refractivity (Wildman–Crippen MR) is 102 cm³/mol. The number of carbonyl (C=O) groups is 1. The van der Waals surface area contributed by atoms with Gasteiger partial charge >= 0.3 is 12.1 Å². The molecule has 0 unspecified atom stereocenters. The third-order valence-corrected chi connectivity index (χ3v) is 4.09. The lowest BCUT2D eigenvalue weighted by Crippen LogP contribution is -2.43. The molecular weight excluding hydrogens is 371 g/mol. The highest BCUT2D eigenvalue weighted by Crippen LogP contribution is 2.25. The number of benzene rings is 2. The van der Waals surface area contributed by atoms with Crippen LogP contribution >= 0.6 is 0 Å². The van der Waals surface area contributed by atoms with Crippen molar-refractivity contribution in [1.29, 1.82) is 5.41 Å². The van der Waals surface area contributed by atoms with Crippen LogP contribution in [0.3, 0.4) is 0 Å². The molecule has 0 aliphatic rings. The Balaban J connectivity index is 2.15. The minimum atomic E-state index is -4.99. The number of anilines is 1. The summed E-state index contributed by atoms with van der Waals surface area (Å²) in [5.74, 6) is -1.53. The predicted octanol–water partition coefficient (Wildman–Crippen LogP) is 4.07. The Bertz CT molecular complexity index is 833. The van der Waals surface area contributed by atoms with Gasteiger partial charge in [-0.15, -0.1) is 0 Å². The van der Waals surface area contributed by atoms with Crippen LogP contribution in [-0.4, -0.2) is 31.1 Å². The summed E-state index contributed by atoms with van der Waals surface area (Å²) in [6.45, 7) is 3.49.